The monoisotopic (exact) mass is 1640 g/mol. The quantitative estimate of drug-likeness (QED) is 0.0520. The molecular weight excluding hydrogens is 1590 g/mol. The third kappa shape index (κ3) is 22.5. The molecule has 8 radical (unpaired) electrons. The molecule has 0 unspecified atom stereocenters. The minimum absolute atomic E-state index is 0. The molecule has 0 fully saturated rings. The second-order valence-corrected chi connectivity index (χ2v) is 27.6. The van der Waals surface area contributed by atoms with Crippen molar-refractivity contribution in [2.75, 3.05) is 39.2 Å². The zero-order valence-corrected chi connectivity index (χ0v) is 58.9. The minimum atomic E-state index is -10.7. The second-order valence-electron chi connectivity index (χ2n) is 23.7. The van der Waals surface area contributed by atoms with E-state index in [1.165, 1.54) is 22.3 Å². The molecule has 0 saturated carbocycles. The molecule has 0 N–H and O–H groups in total. The summed E-state index contributed by atoms with van der Waals surface area (Å²) in [6, 6.07) is 90.5. The Bertz CT molecular complexity index is 4310. The van der Waals surface area contributed by atoms with Crippen LogP contribution in [0.5, 0.6) is 0 Å². The van der Waals surface area contributed by atoms with Crippen LogP contribution < -0.4 is 39.2 Å². The van der Waals surface area contributed by atoms with Gasteiger partial charge in [0.05, 0.1) is 92.0 Å². The number of rotatable bonds is 16. The van der Waals surface area contributed by atoms with Crippen molar-refractivity contribution < 1.29 is 95.1 Å². The molecular formula is C76H56Ag2F12N12P2. The van der Waals surface area contributed by atoms with Gasteiger partial charge >= 0.3 is 111 Å². The first-order chi connectivity index (χ1) is 48.3. The Morgan fingerprint density at radius 2 is 0.385 bits per heavy atom. The molecule has 4 heterocycles. The first-order valence-corrected chi connectivity index (χ1v) is 35.2. The van der Waals surface area contributed by atoms with Gasteiger partial charge in [-0.1, -0.05) is 146 Å². The summed E-state index contributed by atoms with van der Waals surface area (Å²) >= 11 is 0. The Morgan fingerprint density at radius 3 is 0.548 bits per heavy atom. The summed E-state index contributed by atoms with van der Waals surface area (Å²) in [6.07, 6.45) is 0. The van der Waals surface area contributed by atoms with Crippen LogP contribution in [-0.4, -0.2) is 0 Å². The van der Waals surface area contributed by atoms with Crippen molar-refractivity contribution in [1.29, 1.82) is 21.0 Å². The maximum absolute atomic E-state index is 10.7. The number of hydrogen-bond acceptors (Lipinski definition) is 12. The first-order valence-electron chi connectivity index (χ1n) is 31.1. The normalized spacial score (nSPS) is 14.5. The third-order valence-corrected chi connectivity index (χ3v) is 16.0. The Labute approximate surface area is 625 Å². The number of fused-ring (bicyclic) bond motifs is 4. The number of benzene rings is 10. The molecule has 536 valence electrons. The van der Waals surface area contributed by atoms with Crippen molar-refractivity contribution in [3.8, 4) is 24.3 Å². The van der Waals surface area contributed by atoms with Gasteiger partial charge in [-0.2, -0.15) is 21.0 Å². The Hall–Kier alpha value is -9.94. The molecule has 0 aromatic heterocycles. The molecule has 12 nitrogen and oxygen atoms in total. The molecule has 14 rings (SSSR count). The van der Waals surface area contributed by atoms with E-state index in [2.05, 4.69) is 236 Å². The van der Waals surface area contributed by atoms with Gasteiger partial charge < -0.3 is 39.2 Å². The summed E-state index contributed by atoms with van der Waals surface area (Å²) in [7, 11) is -21.3. The molecule has 0 atom stereocenters. The number of nitriles is 4. The molecule has 0 saturated heterocycles. The third-order valence-electron chi connectivity index (χ3n) is 16.0. The number of hydrogen-bond donors (Lipinski definition) is 0. The van der Waals surface area contributed by atoms with Crippen LogP contribution in [0.4, 0.5) is 95.9 Å². The van der Waals surface area contributed by atoms with E-state index in [1.807, 2.05) is 97.1 Å². The van der Waals surface area contributed by atoms with E-state index in [9.17, 15) is 71.4 Å². The van der Waals surface area contributed by atoms with Gasteiger partial charge in [-0.3, -0.25) is 0 Å². The van der Waals surface area contributed by atoms with E-state index < -0.39 is 15.6 Å². The standard InChI is InChI=1S/2C38H28N6.2Ag.2F6P/c2*39-21-29-9-7-11-31(19-29)23-41-27-43(37-17-5-3-15-35(37)41)25-33-13-1-2-14-34(33)26-44-28-42(36-16-4-6-18-38(36)44)24-32-12-8-10-30(20-32)22-40;;;2*1-7(2,3,4,5)6/h2*1-20H,23-26H2;;;;/q;;2*+1;2*-1. The largest absolute Gasteiger partial charge is 1.00 e. The number of anilines is 8. The van der Waals surface area contributed by atoms with Crippen LogP contribution in [-0.2, 0) is 97.1 Å². The summed E-state index contributed by atoms with van der Waals surface area (Å²) in [4.78, 5) is 17.3. The molecule has 0 bridgehead atoms. The SMILES string of the molecule is F[P-](F)(F)(F)(F)F.F[P-](F)(F)(F)(F)F.N#Cc1cccc(CN2[C]N(Cc3ccccc3CN3[C]N(Cc4cccc(C#N)c4)c4ccccc43)c3ccccc32)c1.N#Cc1cccc(CN2[C]N(Cc3ccccc3CN3[C]N(Cc4cccc(C#N)c4)c4ccccc43)c3ccccc32)c1.[Ag+].[Ag+]. The van der Waals surface area contributed by atoms with Crippen LogP contribution in [0.1, 0.15) is 66.8 Å². The van der Waals surface area contributed by atoms with E-state index in [4.69, 9.17) is 0 Å². The van der Waals surface area contributed by atoms with Gasteiger partial charge in [0.2, 0.25) is 26.7 Å². The van der Waals surface area contributed by atoms with Gasteiger partial charge in [0, 0.05) is 52.4 Å². The fourth-order valence-electron chi connectivity index (χ4n) is 11.8. The molecule has 0 aliphatic carbocycles. The summed E-state index contributed by atoms with van der Waals surface area (Å²) in [6.45, 7) is 19.6. The van der Waals surface area contributed by atoms with E-state index in [-0.39, 0.29) is 44.8 Å². The zero-order valence-electron chi connectivity index (χ0n) is 54.2. The molecule has 4 aliphatic heterocycles. The van der Waals surface area contributed by atoms with Crippen LogP contribution in [0.2, 0.25) is 0 Å². The van der Waals surface area contributed by atoms with Gasteiger partial charge in [0.25, 0.3) is 0 Å². The molecule has 10 aromatic carbocycles. The topological polar surface area (TPSA) is 121 Å². The molecule has 28 heteroatoms. The maximum Gasteiger partial charge on any atom is 1.00 e. The Morgan fingerprint density at radius 1 is 0.231 bits per heavy atom. The van der Waals surface area contributed by atoms with E-state index in [1.54, 1.807) is 0 Å². The summed E-state index contributed by atoms with van der Waals surface area (Å²) in [5.41, 5.74) is 20.6. The van der Waals surface area contributed by atoms with Crippen LogP contribution in [0.25, 0.3) is 0 Å². The fourth-order valence-corrected chi connectivity index (χ4v) is 11.8. The van der Waals surface area contributed by atoms with E-state index in [0.717, 1.165) is 67.8 Å². The van der Waals surface area contributed by atoms with Gasteiger partial charge in [-0.25, -0.2) is 0 Å². The van der Waals surface area contributed by atoms with Crippen molar-refractivity contribution in [3.63, 3.8) is 0 Å². The van der Waals surface area contributed by atoms with Crippen LogP contribution in [0, 0.1) is 72.0 Å². The predicted molar refractivity (Wildman–Crippen MR) is 373 cm³/mol. The number of nitrogens with zero attached hydrogens (tertiary/aromatic N) is 12. The smallest absolute Gasteiger partial charge is 0.335 e. The van der Waals surface area contributed by atoms with E-state index >= 15 is 0 Å². The predicted octanol–water partition coefficient (Wildman–Crippen LogP) is 21.7. The maximum atomic E-state index is 9.87. The minimum Gasteiger partial charge on any atom is -0.335 e. The van der Waals surface area contributed by atoms with Crippen LogP contribution in [0.3, 0.4) is 0 Å². The fraction of sp³-hybridized carbons (Fsp3) is 0.105. The molecule has 104 heavy (non-hydrogen) atoms. The van der Waals surface area contributed by atoms with Crippen molar-refractivity contribution >= 4 is 61.1 Å². The number of para-hydroxylation sites is 8. The average molecular weight is 1640 g/mol. The van der Waals surface area contributed by atoms with Crippen molar-refractivity contribution in [2.24, 2.45) is 0 Å². The van der Waals surface area contributed by atoms with Gasteiger partial charge in [0.1, 0.15) is 0 Å². The molecule has 4 aliphatic rings. The average Bonchev–Trinajstić information content (AvgIpc) is 1.31. The van der Waals surface area contributed by atoms with Gasteiger partial charge in [0.15, 0.2) is 0 Å². The molecule has 0 amide bonds. The first kappa shape index (κ1) is 78.2. The number of halogens is 12. The van der Waals surface area contributed by atoms with Crippen molar-refractivity contribution in [2.45, 2.75) is 52.4 Å². The summed E-state index contributed by atoms with van der Waals surface area (Å²) in [5.74, 6) is 0. The Balaban J connectivity index is 0.000000201. The van der Waals surface area contributed by atoms with Gasteiger partial charge in [-0.15, -0.1) is 0 Å². The summed E-state index contributed by atoms with van der Waals surface area (Å²) in [5, 5.41) is 37.4. The molecule has 10 aromatic rings. The van der Waals surface area contributed by atoms with Gasteiger partial charge in [-0.05, 0) is 142 Å². The Kier molecular flexibility index (Phi) is 23.1. The molecule has 0 spiro atoms. The zero-order chi connectivity index (χ0) is 72.6. The summed E-state index contributed by atoms with van der Waals surface area (Å²) < 4.78 is 118. The van der Waals surface area contributed by atoms with Crippen molar-refractivity contribution in [1.82, 2.24) is 0 Å². The van der Waals surface area contributed by atoms with Crippen LogP contribution in [0.15, 0.2) is 243 Å². The second kappa shape index (κ2) is 30.8. The van der Waals surface area contributed by atoms with Crippen molar-refractivity contribution in [3.05, 3.63) is 336 Å². The van der Waals surface area contributed by atoms with Crippen LogP contribution >= 0.6 is 15.6 Å². The van der Waals surface area contributed by atoms with E-state index in [0.29, 0.717) is 74.6 Å².